The van der Waals surface area contributed by atoms with Crippen molar-refractivity contribution in [2.24, 2.45) is 20.2 Å². The number of halogens is 5. The van der Waals surface area contributed by atoms with Gasteiger partial charge in [-0.05, 0) is 48.5 Å². The van der Waals surface area contributed by atoms with Crippen molar-refractivity contribution in [1.29, 1.82) is 0 Å². The highest BCUT2D eigenvalue weighted by molar-refractivity contribution is 6.31. The number of aliphatic imine (C=N–C) groups is 2. The van der Waals surface area contributed by atoms with Gasteiger partial charge in [0.2, 0.25) is 0 Å². The zero-order chi connectivity index (χ0) is 20.5. The van der Waals surface area contributed by atoms with Gasteiger partial charge in [-0.3, -0.25) is 4.79 Å². The topological polar surface area (TPSA) is 86.7 Å². The van der Waals surface area contributed by atoms with Crippen LogP contribution in [0, 0.1) is 0 Å². The Morgan fingerprint density at radius 3 is 1.71 bits per heavy atom. The third kappa shape index (κ3) is 3.96. The van der Waals surface area contributed by atoms with E-state index in [1.165, 1.54) is 48.5 Å². The van der Waals surface area contributed by atoms with Crippen LogP contribution >= 0.6 is 23.2 Å². The molecule has 0 bridgehead atoms. The van der Waals surface area contributed by atoms with Crippen molar-refractivity contribution < 1.29 is 23.1 Å². The van der Waals surface area contributed by atoms with Crippen molar-refractivity contribution in [3.8, 4) is 0 Å². The smallest absolute Gasteiger partial charge is 0.355 e. The lowest BCUT2D eigenvalue weighted by Crippen LogP contribution is -2.51. The molecule has 3 rings (SSSR count). The summed E-state index contributed by atoms with van der Waals surface area (Å²) in [6.07, 6.45) is -5.44. The molecule has 1 heterocycles. The van der Waals surface area contributed by atoms with E-state index in [2.05, 4.69) is 20.2 Å². The molecule has 1 atom stereocenters. The van der Waals surface area contributed by atoms with Gasteiger partial charge in [-0.2, -0.15) is 18.2 Å². The minimum Gasteiger partial charge on any atom is -0.355 e. The molecule has 0 aromatic heterocycles. The molecule has 0 spiro atoms. The summed E-state index contributed by atoms with van der Waals surface area (Å²) in [6, 6.07) is 11.1. The molecule has 0 fully saturated rings. The summed E-state index contributed by atoms with van der Waals surface area (Å²) in [5.74, 6) is -3.01. The molecule has 1 aliphatic heterocycles. The first-order valence-electron chi connectivity index (χ1n) is 7.56. The van der Waals surface area contributed by atoms with Crippen molar-refractivity contribution in [3.05, 3.63) is 69.7 Å². The second-order valence-corrected chi connectivity index (χ2v) is 6.43. The molecule has 144 valence electrons. The number of hydrogen-bond acceptors (Lipinski definition) is 5. The summed E-state index contributed by atoms with van der Waals surface area (Å²) in [4.78, 5) is 18.6. The van der Waals surface area contributed by atoms with Gasteiger partial charge in [0.05, 0.1) is 0 Å². The minimum absolute atomic E-state index is 0.0565. The minimum atomic E-state index is -5.44. The fraction of sp³-hybridized carbons (Fsp3) is 0.118. The molecule has 1 unspecified atom stereocenters. The van der Waals surface area contributed by atoms with Crippen molar-refractivity contribution in [1.82, 2.24) is 0 Å². The van der Waals surface area contributed by atoms with Gasteiger partial charge in [0.25, 0.3) is 0 Å². The number of nitrogens with zero attached hydrogens (tertiary/aromatic N) is 4. The maximum atomic E-state index is 13.5. The van der Waals surface area contributed by atoms with E-state index in [4.69, 9.17) is 23.2 Å². The number of carbonyl (C=O) groups excluding carboxylic acids is 1. The molecule has 0 radical (unpaired) electrons. The second kappa shape index (κ2) is 7.42. The molecular formula is C17H9Cl2F3N4O2. The van der Waals surface area contributed by atoms with Gasteiger partial charge in [0, 0.05) is 21.2 Å². The number of benzene rings is 2. The van der Waals surface area contributed by atoms with E-state index in [-0.39, 0.29) is 11.1 Å². The average Bonchev–Trinajstić information content (AvgIpc) is 2.63. The number of rotatable bonds is 2. The third-order valence-electron chi connectivity index (χ3n) is 3.61. The van der Waals surface area contributed by atoms with Crippen molar-refractivity contribution in [3.63, 3.8) is 0 Å². The number of amides is 1. The first-order chi connectivity index (χ1) is 13.1. The van der Waals surface area contributed by atoms with Crippen LogP contribution in [0.4, 0.5) is 13.2 Å². The zero-order valence-corrected chi connectivity index (χ0v) is 15.2. The van der Waals surface area contributed by atoms with Gasteiger partial charge in [0.15, 0.2) is 11.7 Å². The summed E-state index contributed by atoms with van der Waals surface area (Å²) < 4.78 is 40.4. The lowest BCUT2D eigenvalue weighted by Gasteiger charge is -2.24. The van der Waals surface area contributed by atoms with Crippen LogP contribution < -0.4 is 0 Å². The third-order valence-corrected chi connectivity index (χ3v) is 4.12. The molecule has 11 heteroatoms. The van der Waals surface area contributed by atoms with Crippen LogP contribution in [-0.2, 0) is 4.79 Å². The van der Waals surface area contributed by atoms with E-state index in [0.29, 0.717) is 10.0 Å². The Bertz CT molecular complexity index is 1000. The van der Waals surface area contributed by atoms with Crippen LogP contribution in [0.25, 0.3) is 0 Å². The maximum absolute atomic E-state index is 13.5. The standard InChI is InChI=1S/C17H9Cl2F3N4O2/c18-11-5-1-9(2-6-11)13-23-15(27)16(28,17(20,21)22)24-14(26-25-13)10-3-7-12(19)8-4-10/h1-8,28H. The molecule has 1 aliphatic rings. The molecule has 0 saturated heterocycles. The molecule has 2 aromatic carbocycles. The van der Waals surface area contributed by atoms with Gasteiger partial charge >= 0.3 is 17.8 Å². The van der Waals surface area contributed by atoms with Crippen LogP contribution in [-0.4, -0.2) is 34.6 Å². The quantitative estimate of drug-likeness (QED) is 0.766. The average molecular weight is 429 g/mol. The fourth-order valence-corrected chi connectivity index (χ4v) is 2.39. The summed E-state index contributed by atoms with van der Waals surface area (Å²) in [5, 5.41) is 18.1. The number of amidine groups is 2. The van der Waals surface area contributed by atoms with E-state index >= 15 is 0 Å². The van der Waals surface area contributed by atoms with E-state index in [1.807, 2.05) is 0 Å². The van der Waals surface area contributed by atoms with Crippen LogP contribution in [0.1, 0.15) is 11.1 Å². The summed E-state index contributed by atoms with van der Waals surface area (Å²) in [5.41, 5.74) is -3.90. The second-order valence-electron chi connectivity index (χ2n) is 5.56. The highest BCUT2D eigenvalue weighted by atomic mass is 35.5. The number of carbonyl (C=O) groups is 1. The molecule has 28 heavy (non-hydrogen) atoms. The monoisotopic (exact) mass is 428 g/mol. The normalized spacial score (nSPS) is 20.3. The maximum Gasteiger partial charge on any atom is 0.448 e. The van der Waals surface area contributed by atoms with E-state index in [0.717, 1.165) is 0 Å². The Hall–Kier alpha value is -2.62. The van der Waals surface area contributed by atoms with Crippen molar-refractivity contribution in [2.75, 3.05) is 0 Å². The number of aliphatic hydroxyl groups is 1. The van der Waals surface area contributed by atoms with Crippen LogP contribution in [0.15, 0.2) is 68.7 Å². The fourth-order valence-electron chi connectivity index (χ4n) is 2.14. The van der Waals surface area contributed by atoms with Gasteiger partial charge in [-0.25, -0.2) is 4.99 Å². The largest absolute Gasteiger partial charge is 0.448 e. The molecule has 1 amide bonds. The zero-order valence-electron chi connectivity index (χ0n) is 13.7. The summed E-state index contributed by atoms with van der Waals surface area (Å²) in [6.45, 7) is 0. The predicted molar refractivity (Wildman–Crippen MR) is 96.8 cm³/mol. The highest BCUT2D eigenvalue weighted by Crippen LogP contribution is 2.34. The Morgan fingerprint density at radius 1 is 0.821 bits per heavy atom. The number of azo groups is 1. The van der Waals surface area contributed by atoms with Gasteiger partial charge < -0.3 is 5.11 Å². The van der Waals surface area contributed by atoms with Crippen molar-refractivity contribution in [2.45, 2.75) is 11.9 Å². The lowest BCUT2D eigenvalue weighted by molar-refractivity contribution is -0.246. The van der Waals surface area contributed by atoms with Gasteiger partial charge in [-0.15, -0.1) is 10.2 Å². The van der Waals surface area contributed by atoms with E-state index < -0.39 is 29.5 Å². The number of hydrogen-bond donors (Lipinski definition) is 1. The number of alkyl halides is 3. The van der Waals surface area contributed by atoms with E-state index in [1.54, 1.807) is 0 Å². The molecule has 6 nitrogen and oxygen atoms in total. The molecule has 0 saturated carbocycles. The first kappa shape index (κ1) is 20.1. The van der Waals surface area contributed by atoms with Gasteiger partial charge in [0.1, 0.15) is 0 Å². The molecule has 2 aromatic rings. The Balaban J connectivity index is 2.19. The van der Waals surface area contributed by atoms with Gasteiger partial charge in [-0.1, -0.05) is 23.2 Å². The highest BCUT2D eigenvalue weighted by Gasteiger charge is 2.61. The van der Waals surface area contributed by atoms with Crippen LogP contribution in [0.2, 0.25) is 10.0 Å². The van der Waals surface area contributed by atoms with E-state index in [9.17, 15) is 23.1 Å². The molecule has 0 aliphatic carbocycles. The molecule has 1 N–H and O–H groups in total. The summed E-state index contributed by atoms with van der Waals surface area (Å²) >= 11 is 11.5. The first-order valence-corrected chi connectivity index (χ1v) is 8.31. The Labute approximate surface area is 166 Å². The molecular weight excluding hydrogens is 420 g/mol. The Kier molecular flexibility index (Phi) is 5.33. The Morgan fingerprint density at radius 2 is 1.25 bits per heavy atom. The lowest BCUT2D eigenvalue weighted by atomic mass is 10.1. The van der Waals surface area contributed by atoms with Crippen molar-refractivity contribution >= 4 is 40.8 Å². The van der Waals surface area contributed by atoms with Crippen LogP contribution in [0.3, 0.4) is 0 Å². The van der Waals surface area contributed by atoms with Crippen LogP contribution in [0.5, 0.6) is 0 Å². The SMILES string of the molecule is O=C1N=C(c2ccc(Cl)cc2)N=NC(c2ccc(Cl)cc2)=NC1(O)C(F)(F)F. The summed E-state index contributed by atoms with van der Waals surface area (Å²) in [7, 11) is 0. The predicted octanol–water partition coefficient (Wildman–Crippen LogP) is 4.43.